The number of H-pyrrole nitrogens is 1. The molecule has 2 aliphatic rings. The number of aliphatic hydroxyl groups excluding tert-OH is 2. The van der Waals surface area contributed by atoms with E-state index in [-0.39, 0.29) is 52.4 Å². The Morgan fingerprint density at radius 1 is 1.24 bits per heavy atom. The molecule has 19 nitrogen and oxygen atoms in total. The number of hydrogen-bond acceptors (Lipinski definition) is 17. The lowest BCUT2D eigenvalue weighted by Gasteiger charge is -2.25. The van der Waals surface area contributed by atoms with Crippen LogP contribution in [0.2, 0.25) is 0 Å². The molecule has 0 saturated carbocycles. The van der Waals surface area contributed by atoms with Gasteiger partial charge in [0.2, 0.25) is 5.95 Å². The number of alkyl halides is 1. The normalized spacial score (nSPS) is 29.9. The predicted molar refractivity (Wildman–Crippen MR) is 142 cm³/mol. The van der Waals surface area contributed by atoms with Crippen molar-refractivity contribution in [1.82, 2.24) is 49.9 Å². The molecule has 2 saturated heterocycles. The number of rotatable bonds is 8. The second kappa shape index (κ2) is 10.7. The summed E-state index contributed by atoms with van der Waals surface area (Å²) in [6, 6.07) is 0. The summed E-state index contributed by atoms with van der Waals surface area (Å²) in [6.45, 7) is -4.81. The lowest BCUT2D eigenvalue weighted by molar-refractivity contribution is -0.0502. The van der Waals surface area contributed by atoms with Crippen LogP contribution in [0.5, 0.6) is 0 Å². The van der Waals surface area contributed by atoms with Crippen molar-refractivity contribution in [3.8, 4) is 0 Å². The van der Waals surface area contributed by atoms with Crippen molar-refractivity contribution in [3.63, 3.8) is 0 Å². The summed E-state index contributed by atoms with van der Waals surface area (Å²) in [5.74, 6) is -0.125. The Bertz CT molecular complexity index is 1710. The van der Waals surface area contributed by atoms with Crippen LogP contribution >= 0.6 is 18.5 Å². The number of nitrogens with zero attached hydrogens (tertiary/aromatic N) is 9. The Balaban J connectivity index is 1.16. The number of aliphatic hydroxyl groups is 2. The molecule has 0 radical (unpaired) electrons. The second-order valence-electron chi connectivity index (χ2n) is 9.10. The number of hydrogen-bond donors (Lipinski definition) is 6. The number of anilines is 2. The van der Waals surface area contributed by atoms with Gasteiger partial charge in [-0.25, -0.2) is 19.0 Å². The zero-order valence-corrected chi connectivity index (χ0v) is 23.1. The molecule has 2 aliphatic heterocycles. The third-order valence-electron chi connectivity index (χ3n) is 6.44. The fourth-order valence-corrected chi connectivity index (χ4v) is 7.45. The van der Waals surface area contributed by atoms with Crippen LogP contribution in [0, 0.1) is 0 Å². The number of thioether (sulfide) groups is 1. The molecule has 1 unspecified atom stereocenters. The highest BCUT2D eigenvalue weighted by molar-refractivity contribution is 8.07. The number of aromatic amines is 1. The van der Waals surface area contributed by atoms with Gasteiger partial charge in [0, 0.05) is 5.25 Å². The fourth-order valence-electron chi connectivity index (χ4n) is 4.53. The SMILES string of the molecule is Nc1nc2c(nnn2[C@@H]2S[C@H](CO)C[C@H]2OP(O)(=S)OC[C@H]2O[C@@H](n3nnc4c(N)ncnc43)[C@@H](F)[C@@H]2O)c(=O)[nH]1. The van der Waals surface area contributed by atoms with E-state index in [4.69, 9.17) is 37.1 Å². The molecule has 2 fully saturated rings. The van der Waals surface area contributed by atoms with Crippen molar-refractivity contribution < 1.29 is 33.3 Å². The lowest BCUT2D eigenvalue weighted by atomic mass is 10.1. The summed E-state index contributed by atoms with van der Waals surface area (Å²) in [5, 5.41) is 34.6. The Morgan fingerprint density at radius 3 is 2.78 bits per heavy atom. The average Bonchev–Trinajstić information content (AvgIpc) is 3.69. The zero-order valence-electron chi connectivity index (χ0n) is 20.5. The number of nitrogens with one attached hydrogen (secondary N) is 1. The predicted octanol–water partition coefficient (Wildman–Crippen LogP) is -1.87. The summed E-state index contributed by atoms with van der Waals surface area (Å²) in [5.41, 5.74) is 11.1. The first-order valence-corrected chi connectivity index (χ1v) is 15.4. The van der Waals surface area contributed by atoms with Gasteiger partial charge in [0.05, 0.1) is 13.2 Å². The Labute approximate surface area is 236 Å². The van der Waals surface area contributed by atoms with Crippen LogP contribution in [0.15, 0.2) is 11.1 Å². The smallest absolute Gasteiger partial charge is 0.324 e. The molecule has 4 aromatic heterocycles. The summed E-state index contributed by atoms with van der Waals surface area (Å²) in [6.07, 6.45) is -5.86. The molecular formula is C18H22FN12O7PS2. The highest BCUT2D eigenvalue weighted by atomic mass is 32.5. The maximum atomic E-state index is 15.1. The molecule has 0 spiro atoms. The first-order chi connectivity index (χ1) is 19.6. The zero-order chi connectivity index (χ0) is 29.1. The minimum absolute atomic E-state index is 0.0324. The summed E-state index contributed by atoms with van der Waals surface area (Å²) in [4.78, 5) is 37.3. The number of aromatic nitrogens is 10. The van der Waals surface area contributed by atoms with Crippen LogP contribution in [0.4, 0.5) is 16.2 Å². The highest BCUT2D eigenvalue weighted by Crippen LogP contribution is 2.53. The summed E-state index contributed by atoms with van der Waals surface area (Å²) >= 11 is 6.43. The topological polar surface area (TPSA) is 273 Å². The van der Waals surface area contributed by atoms with Gasteiger partial charge in [-0.1, -0.05) is 10.4 Å². The van der Waals surface area contributed by atoms with E-state index >= 15 is 4.39 Å². The molecule has 8 atom stereocenters. The van der Waals surface area contributed by atoms with Crippen molar-refractivity contribution in [1.29, 1.82) is 0 Å². The molecule has 0 bridgehead atoms. The molecule has 8 N–H and O–H groups in total. The second-order valence-corrected chi connectivity index (χ2v) is 13.3. The standard InChI is InChI=1S/C18H22FN12O7PS2/c19-8-11(33)7(37-16(8)30-13-9(26-28-30)12(20)22-4-23-13)3-36-39(35,40)38-6-1-5(2-32)41-17(6)31-14-10(27-29-31)15(34)25-18(21)24-14/h4-8,11,16-17,32-33H,1-3H2,(H,35,40)(H2,20,22,23)(H3,21,24,25,34)/t5-,6+,7+,8-,11+,16+,17+,39?/m0/s1. The van der Waals surface area contributed by atoms with Gasteiger partial charge in [-0.05, 0) is 18.2 Å². The van der Waals surface area contributed by atoms with Gasteiger partial charge in [0.25, 0.3) is 5.56 Å². The minimum atomic E-state index is -4.04. The minimum Gasteiger partial charge on any atom is -0.395 e. The molecule has 6 rings (SSSR count). The van der Waals surface area contributed by atoms with E-state index in [1.165, 1.54) is 16.4 Å². The number of ether oxygens (including phenoxy) is 1. The highest BCUT2D eigenvalue weighted by Gasteiger charge is 2.48. The number of nitrogen functional groups attached to an aromatic ring is 2. The molecule has 220 valence electrons. The van der Waals surface area contributed by atoms with E-state index in [0.29, 0.717) is 0 Å². The third kappa shape index (κ3) is 5.15. The molecule has 0 aromatic carbocycles. The van der Waals surface area contributed by atoms with E-state index in [0.717, 1.165) is 11.0 Å². The molecule has 0 amide bonds. The quantitative estimate of drug-likeness (QED) is 0.116. The number of nitrogens with two attached hydrogens (primary N) is 2. The van der Waals surface area contributed by atoms with Gasteiger partial charge < -0.3 is 40.4 Å². The van der Waals surface area contributed by atoms with Crippen molar-refractivity contribution in [2.45, 2.75) is 47.8 Å². The molecular weight excluding hydrogens is 610 g/mol. The van der Waals surface area contributed by atoms with Gasteiger partial charge in [-0.3, -0.25) is 9.78 Å². The number of halogens is 1. The molecule has 41 heavy (non-hydrogen) atoms. The molecule has 4 aromatic rings. The van der Waals surface area contributed by atoms with Gasteiger partial charge >= 0.3 is 6.72 Å². The van der Waals surface area contributed by atoms with Crippen molar-refractivity contribution in [2.75, 3.05) is 24.7 Å². The van der Waals surface area contributed by atoms with E-state index in [9.17, 15) is 19.9 Å². The molecule has 23 heteroatoms. The Hall–Kier alpha value is -2.95. The van der Waals surface area contributed by atoms with Crippen LogP contribution in [0.1, 0.15) is 18.0 Å². The van der Waals surface area contributed by atoms with Crippen LogP contribution in [-0.4, -0.2) is 108 Å². The van der Waals surface area contributed by atoms with Crippen molar-refractivity contribution in [2.24, 2.45) is 0 Å². The third-order valence-corrected chi connectivity index (χ3v) is 9.53. The van der Waals surface area contributed by atoms with Crippen LogP contribution < -0.4 is 17.0 Å². The monoisotopic (exact) mass is 632 g/mol. The maximum absolute atomic E-state index is 15.1. The Morgan fingerprint density at radius 2 is 2.00 bits per heavy atom. The molecule has 0 aliphatic carbocycles. The summed E-state index contributed by atoms with van der Waals surface area (Å²) in [7, 11) is 0. The van der Waals surface area contributed by atoms with Gasteiger partial charge in [0.15, 0.2) is 40.5 Å². The van der Waals surface area contributed by atoms with Gasteiger partial charge in [-0.2, -0.15) is 9.67 Å². The lowest BCUT2D eigenvalue weighted by Crippen LogP contribution is -2.31. The van der Waals surface area contributed by atoms with Crippen molar-refractivity contribution >= 4 is 64.4 Å². The van der Waals surface area contributed by atoms with Crippen LogP contribution in [-0.2, 0) is 25.6 Å². The van der Waals surface area contributed by atoms with E-state index in [1.54, 1.807) is 0 Å². The number of fused-ring (bicyclic) bond motifs is 2. The fraction of sp³-hybridized carbons (Fsp3) is 0.556. The summed E-state index contributed by atoms with van der Waals surface area (Å²) < 4.78 is 34.2. The Kier molecular flexibility index (Phi) is 7.36. The first kappa shape index (κ1) is 28.2. The molecule has 6 heterocycles. The van der Waals surface area contributed by atoms with Gasteiger partial charge in [-0.15, -0.1) is 22.0 Å². The maximum Gasteiger partial charge on any atom is 0.324 e. The van der Waals surface area contributed by atoms with E-state index < -0.39 is 55.0 Å². The van der Waals surface area contributed by atoms with Gasteiger partial charge in [0.1, 0.15) is 30.0 Å². The largest absolute Gasteiger partial charge is 0.395 e. The van der Waals surface area contributed by atoms with Crippen LogP contribution in [0.25, 0.3) is 22.3 Å². The average molecular weight is 633 g/mol. The van der Waals surface area contributed by atoms with Crippen LogP contribution in [0.3, 0.4) is 0 Å². The van der Waals surface area contributed by atoms with Crippen molar-refractivity contribution in [3.05, 3.63) is 16.7 Å². The van der Waals surface area contributed by atoms with E-state index in [2.05, 4.69) is 40.6 Å². The van der Waals surface area contributed by atoms with E-state index in [1.807, 2.05) is 0 Å². The first-order valence-electron chi connectivity index (χ1n) is 11.9.